The third-order valence-corrected chi connectivity index (χ3v) is 5.83. The van der Waals surface area contributed by atoms with E-state index in [1.807, 2.05) is 63.4 Å². The maximum atomic E-state index is 12.8. The van der Waals surface area contributed by atoms with Gasteiger partial charge in [-0.25, -0.2) is 4.98 Å². The van der Waals surface area contributed by atoms with Crippen molar-refractivity contribution in [2.75, 3.05) is 23.4 Å². The molecule has 7 heteroatoms. The van der Waals surface area contributed by atoms with Crippen LogP contribution in [0.25, 0.3) is 11.3 Å². The number of nitrogens with zero attached hydrogens (tertiary/aromatic N) is 2. The van der Waals surface area contributed by atoms with Gasteiger partial charge in [0.25, 0.3) is 5.91 Å². The van der Waals surface area contributed by atoms with Crippen LogP contribution in [0.2, 0.25) is 0 Å². The van der Waals surface area contributed by atoms with Gasteiger partial charge in [-0.05, 0) is 57.0 Å². The van der Waals surface area contributed by atoms with Crippen LogP contribution in [0.15, 0.2) is 35.7 Å². The molecule has 30 heavy (non-hydrogen) atoms. The van der Waals surface area contributed by atoms with Gasteiger partial charge in [0.1, 0.15) is 12.3 Å². The van der Waals surface area contributed by atoms with Crippen LogP contribution in [0.5, 0.6) is 5.75 Å². The number of carbonyl (C=O) groups excluding carboxylic acids is 2. The summed E-state index contributed by atoms with van der Waals surface area (Å²) in [6, 6.07) is 9.65. The van der Waals surface area contributed by atoms with Crippen molar-refractivity contribution in [3.8, 4) is 17.0 Å². The smallest absolute Gasteiger partial charge is 0.265 e. The van der Waals surface area contributed by atoms with Crippen molar-refractivity contribution in [2.24, 2.45) is 0 Å². The highest BCUT2D eigenvalue weighted by molar-refractivity contribution is 7.09. The fourth-order valence-electron chi connectivity index (χ4n) is 3.73. The number of rotatable bonds is 4. The van der Waals surface area contributed by atoms with Crippen LogP contribution in [-0.4, -0.2) is 29.9 Å². The predicted octanol–water partition coefficient (Wildman–Crippen LogP) is 4.41. The molecule has 4 rings (SSSR count). The summed E-state index contributed by atoms with van der Waals surface area (Å²) in [5, 5.41) is 5.91. The molecule has 1 aromatic heterocycles. The number of anilines is 2. The van der Waals surface area contributed by atoms with Gasteiger partial charge in [-0.2, -0.15) is 0 Å². The Balaban J connectivity index is 1.60. The van der Waals surface area contributed by atoms with Gasteiger partial charge >= 0.3 is 0 Å². The Morgan fingerprint density at radius 2 is 1.90 bits per heavy atom. The number of nitrogens with one attached hydrogen (secondary N) is 1. The molecule has 154 valence electrons. The molecule has 2 aromatic carbocycles. The van der Waals surface area contributed by atoms with Crippen molar-refractivity contribution in [2.45, 2.75) is 27.7 Å². The molecule has 3 aromatic rings. The molecule has 1 aliphatic heterocycles. The zero-order valence-corrected chi connectivity index (χ0v) is 18.2. The molecule has 1 aliphatic rings. The van der Waals surface area contributed by atoms with E-state index < -0.39 is 0 Å². The largest absolute Gasteiger partial charge is 0.482 e. The van der Waals surface area contributed by atoms with E-state index in [0.717, 1.165) is 38.6 Å². The topological polar surface area (TPSA) is 71.5 Å². The number of ether oxygens (including phenoxy) is 1. The summed E-state index contributed by atoms with van der Waals surface area (Å²) in [5.41, 5.74) is 6.23. The van der Waals surface area contributed by atoms with E-state index in [0.29, 0.717) is 11.4 Å². The van der Waals surface area contributed by atoms with E-state index >= 15 is 0 Å². The first-order chi connectivity index (χ1) is 14.3. The summed E-state index contributed by atoms with van der Waals surface area (Å²) in [4.78, 5) is 31.4. The van der Waals surface area contributed by atoms with Gasteiger partial charge in [0.15, 0.2) is 6.61 Å². The van der Waals surface area contributed by atoms with Crippen molar-refractivity contribution in [3.05, 3.63) is 57.4 Å². The third-order valence-electron chi connectivity index (χ3n) is 5.06. The number of thiazole rings is 1. The summed E-state index contributed by atoms with van der Waals surface area (Å²) < 4.78 is 5.57. The molecule has 0 saturated heterocycles. The van der Waals surface area contributed by atoms with Crippen molar-refractivity contribution >= 4 is 34.5 Å². The standard InChI is InChI=1S/C23H23N3O3S/c1-13-7-14(2)23(15(3)8-13)25-21(27)10-26-19-9-17(18-12-30-16(4)24-18)5-6-20(19)29-11-22(26)28/h5-9,12H,10-11H2,1-4H3,(H,25,27). The summed E-state index contributed by atoms with van der Waals surface area (Å²) in [6.07, 6.45) is 0. The van der Waals surface area contributed by atoms with Gasteiger partial charge in [0, 0.05) is 16.6 Å². The van der Waals surface area contributed by atoms with Crippen LogP contribution in [0.3, 0.4) is 0 Å². The van der Waals surface area contributed by atoms with E-state index in [9.17, 15) is 9.59 Å². The number of aryl methyl sites for hydroxylation is 4. The Kier molecular flexibility index (Phi) is 5.30. The van der Waals surface area contributed by atoms with Gasteiger partial charge < -0.3 is 10.1 Å². The molecule has 2 heterocycles. The first-order valence-electron chi connectivity index (χ1n) is 9.69. The fourth-order valence-corrected chi connectivity index (χ4v) is 4.35. The number of carbonyl (C=O) groups is 2. The molecular formula is C23H23N3O3S. The lowest BCUT2D eigenvalue weighted by Crippen LogP contribution is -2.43. The molecule has 0 bridgehead atoms. The second kappa shape index (κ2) is 7.91. The zero-order valence-electron chi connectivity index (χ0n) is 17.4. The number of fused-ring (bicyclic) bond motifs is 1. The number of aromatic nitrogens is 1. The van der Waals surface area contributed by atoms with E-state index in [1.54, 1.807) is 11.3 Å². The molecule has 0 spiro atoms. The summed E-state index contributed by atoms with van der Waals surface area (Å²) >= 11 is 1.57. The molecule has 0 atom stereocenters. The quantitative estimate of drug-likeness (QED) is 0.677. The first-order valence-corrected chi connectivity index (χ1v) is 10.6. The summed E-state index contributed by atoms with van der Waals surface area (Å²) in [6.45, 7) is 7.74. The molecule has 0 radical (unpaired) electrons. The van der Waals surface area contributed by atoms with Crippen molar-refractivity contribution < 1.29 is 14.3 Å². The van der Waals surface area contributed by atoms with Gasteiger partial charge in [0.2, 0.25) is 5.91 Å². The van der Waals surface area contributed by atoms with Crippen LogP contribution in [0.1, 0.15) is 21.7 Å². The fraction of sp³-hybridized carbons (Fsp3) is 0.261. The molecule has 6 nitrogen and oxygen atoms in total. The van der Waals surface area contributed by atoms with E-state index in [1.165, 1.54) is 4.90 Å². The Hall–Kier alpha value is -3.19. The van der Waals surface area contributed by atoms with Crippen LogP contribution in [-0.2, 0) is 9.59 Å². The van der Waals surface area contributed by atoms with E-state index in [4.69, 9.17) is 4.74 Å². The van der Waals surface area contributed by atoms with Crippen molar-refractivity contribution in [1.82, 2.24) is 4.98 Å². The number of benzene rings is 2. The Labute approximate surface area is 179 Å². The minimum Gasteiger partial charge on any atom is -0.482 e. The number of hydrogen-bond acceptors (Lipinski definition) is 5. The Bertz CT molecular complexity index is 1130. The third kappa shape index (κ3) is 3.93. The van der Waals surface area contributed by atoms with E-state index in [-0.39, 0.29) is 25.0 Å². The maximum Gasteiger partial charge on any atom is 0.265 e. The first kappa shape index (κ1) is 20.1. The van der Waals surface area contributed by atoms with Gasteiger partial charge in [-0.3, -0.25) is 14.5 Å². The second-order valence-corrected chi connectivity index (χ2v) is 8.59. The maximum absolute atomic E-state index is 12.8. The number of amides is 2. The van der Waals surface area contributed by atoms with Crippen molar-refractivity contribution in [3.63, 3.8) is 0 Å². The average molecular weight is 422 g/mol. The van der Waals surface area contributed by atoms with Gasteiger partial charge in [0.05, 0.1) is 16.4 Å². The lowest BCUT2D eigenvalue weighted by atomic mass is 10.1. The lowest BCUT2D eigenvalue weighted by Gasteiger charge is -2.29. The molecule has 0 fully saturated rings. The second-order valence-electron chi connectivity index (χ2n) is 7.52. The molecular weight excluding hydrogens is 398 g/mol. The highest BCUT2D eigenvalue weighted by Crippen LogP contribution is 2.36. The zero-order chi connectivity index (χ0) is 21.4. The average Bonchev–Trinajstić information content (AvgIpc) is 3.13. The van der Waals surface area contributed by atoms with Crippen LogP contribution in [0.4, 0.5) is 11.4 Å². The van der Waals surface area contributed by atoms with Crippen LogP contribution in [0, 0.1) is 27.7 Å². The Morgan fingerprint density at radius 3 is 2.57 bits per heavy atom. The molecule has 0 unspecified atom stereocenters. The highest BCUT2D eigenvalue weighted by Gasteiger charge is 2.28. The predicted molar refractivity (Wildman–Crippen MR) is 119 cm³/mol. The van der Waals surface area contributed by atoms with Crippen molar-refractivity contribution in [1.29, 1.82) is 0 Å². The van der Waals surface area contributed by atoms with Gasteiger partial charge in [-0.1, -0.05) is 17.7 Å². The molecule has 1 N–H and O–H groups in total. The minimum atomic E-state index is -0.249. The number of hydrogen-bond donors (Lipinski definition) is 1. The van der Waals surface area contributed by atoms with Crippen LogP contribution < -0.4 is 15.0 Å². The highest BCUT2D eigenvalue weighted by atomic mass is 32.1. The minimum absolute atomic E-state index is 0.0818. The van der Waals surface area contributed by atoms with E-state index in [2.05, 4.69) is 10.3 Å². The molecule has 0 aliphatic carbocycles. The summed E-state index contributed by atoms with van der Waals surface area (Å²) in [7, 11) is 0. The molecule has 0 saturated carbocycles. The summed E-state index contributed by atoms with van der Waals surface area (Å²) in [5.74, 6) is 0.0866. The SMILES string of the molecule is Cc1cc(C)c(NC(=O)CN2C(=O)COc3ccc(-c4csc(C)n4)cc32)c(C)c1. The monoisotopic (exact) mass is 421 g/mol. The lowest BCUT2D eigenvalue weighted by molar-refractivity contribution is -0.123. The van der Waals surface area contributed by atoms with Crippen LogP contribution >= 0.6 is 11.3 Å². The normalized spacial score (nSPS) is 13.1. The Morgan fingerprint density at radius 1 is 1.17 bits per heavy atom. The van der Waals surface area contributed by atoms with Gasteiger partial charge in [-0.15, -0.1) is 11.3 Å². The molecule has 2 amide bonds.